The minimum atomic E-state index is -0.201. The summed E-state index contributed by atoms with van der Waals surface area (Å²) in [7, 11) is 0. The summed E-state index contributed by atoms with van der Waals surface area (Å²) in [5.74, 6) is 0.373. The molecule has 1 amide bonds. The van der Waals surface area contributed by atoms with Crippen LogP contribution in [0.2, 0.25) is 5.02 Å². The minimum absolute atomic E-state index is 0.201. The van der Waals surface area contributed by atoms with Crippen LogP contribution < -0.4 is 5.32 Å². The van der Waals surface area contributed by atoms with Crippen LogP contribution in [0.15, 0.2) is 85.1 Å². The summed E-state index contributed by atoms with van der Waals surface area (Å²) < 4.78 is 1.67. The Morgan fingerprint density at radius 2 is 1.65 bits per heavy atom. The monoisotopic (exact) mass is 426 g/mol. The van der Waals surface area contributed by atoms with Gasteiger partial charge in [-0.15, -0.1) is 10.2 Å². The van der Waals surface area contributed by atoms with Gasteiger partial charge in [0, 0.05) is 28.0 Å². The predicted molar refractivity (Wildman–Crippen MR) is 119 cm³/mol. The number of nitrogens with one attached hydrogen (secondary N) is 1. The van der Waals surface area contributed by atoms with Gasteiger partial charge in [0.05, 0.1) is 5.69 Å². The van der Waals surface area contributed by atoms with Crippen LogP contribution >= 0.6 is 11.6 Å². The largest absolute Gasteiger partial charge is 0.322 e. The molecule has 0 radical (unpaired) electrons. The first-order valence-electron chi connectivity index (χ1n) is 9.49. The van der Waals surface area contributed by atoms with E-state index in [2.05, 4.69) is 25.6 Å². The lowest BCUT2D eigenvalue weighted by Gasteiger charge is -2.07. The molecule has 0 saturated carbocycles. The Balaban J connectivity index is 1.40. The van der Waals surface area contributed by atoms with Gasteiger partial charge in [0.2, 0.25) is 5.82 Å². The molecule has 0 fully saturated rings. The number of nitrogens with zero attached hydrogens (tertiary/aromatic N) is 5. The van der Waals surface area contributed by atoms with E-state index in [9.17, 15) is 4.79 Å². The highest BCUT2D eigenvalue weighted by atomic mass is 35.5. The summed E-state index contributed by atoms with van der Waals surface area (Å²) in [6.45, 7) is 0. The second kappa shape index (κ2) is 7.97. The molecule has 1 N–H and O–H groups in total. The van der Waals surface area contributed by atoms with Crippen molar-refractivity contribution in [2.24, 2.45) is 0 Å². The Bertz CT molecular complexity index is 1370. The molecule has 7 nitrogen and oxygen atoms in total. The Morgan fingerprint density at radius 1 is 0.839 bits per heavy atom. The van der Waals surface area contributed by atoms with Crippen LogP contribution in [0.25, 0.3) is 28.4 Å². The van der Waals surface area contributed by atoms with Crippen molar-refractivity contribution in [1.29, 1.82) is 0 Å². The Kier molecular flexibility index (Phi) is 4.86. The number of carbonyl (C=O) groups excluding carboxylic acids is 1. The van der Waals surface area contributed by atoms with E-state index in [1.165, 1.54) is 0 Å². The number of benzene rings is 2. The smallest absolute Gasteiger partial charge is 0.255 e. The van der Waals surface area contributed by atoms with Gasteiger partial charge in [-0.25, -0.2) is 0 Å². The zero-order chi connectivity index (χ0) is 21.2. The van der Waals surface area contributed by atoms with E-state index in [-0.39, 0.29) is 5.91 Å². The first-order valence-corrected chi connectivity index (χ1v) is 9.86. The van der Waals surface area contributed by atoms with Crippen LogP contribution in [0, 0.1) is 0 Å². The third kappa shape index (κ3) is 3.86. The van der Waals surface area contributed by atoms with Gasteiger partial charge >= 0.3 is 0 Å². The Morgan fingerprint density at radius 3 is 2.39 bits per heavy atom. The number of amides is 1. The second-order valence-electron chi connectivity index (χ2n) is 6.77. The summed E-state index contributed by atoms with van der Waals surface area (Å²) in [6.07, 6.45) is 1.71. The molecule has 0 aliphatic rings. The molecule has 5 rings (SSSR count). The van der Waals surface area contributed by atoms with Crippen LogP contribution in [0.5, 0.6) is 0 Å². The van der Waals surface area contributed by atoms with Gasteiger partial charge in [-0.05, 0) is 60.7 Å². The average Bonchev–Trinajstić information content (AvgIpc) is 3.24. The molecular weight excluding hydrogens is 412 g/mol. The summed E-state index contributed by atoms with van der Waals surface area (Å²) in [4.78, 5) is 16.7. The number of hydrogen-bond acceptors (Lipinski definition) is 5. The Labute approximate surface area is 182 Å². The molecular formula is C23H15ClN6O. The summed E-state index contributed by atoms with van der Waals surface area (Å²) in [6, 6.07) is 23.6. The topological polar surface area (TPSA) is 85.1 Å². The van der Waals surface area contributed by atoms with E-state index in [0.717, 1.165) is 11.3 Å². The Hall–Kier alpha value is -4.10. The van der Waals surface area contributed by atoms with Crippen LogP contribution in [-0.4, -0.2) is 30.7 Å². The van der Waals surface area contributed by atoms with Gasteiger partial charge in [-0.3, -0.25) is 9.78 Å². The van der Waals surface area contributed by atoms with Gasteiger partial charge in [0.1, 0.15) is 5.69 Å². The number of hydrogen-bond donors (Lipinski definition) is 1. The average molecular weight is 427 g/mol. The first kappa shape index (κ1) is 18.9. The van der Waals surface area contributed by atoms with Crippen molar-refractivity contribution in [3.8, 4) is 22.8 Å². The molecule has 0 spiro atoms. The zero-order valence-electron chi connectivity index (χ0n) is 16.1. The van der Waals surface area contributed by atoms with Gasteiger partial charge in [-0.2, -0.15) is 9.61 Å². The molecule has 2 aromatic carbocycles. The number of halogens is 1. The molecule has 0 bridgehead atoms. The lowest BCUT2D eigenvalue weighted by molar-refractivity contribution is 0.102. The standard InChI is InChI=1S/C23H15ClN6O/c24-17-8-4-16(5-9-17)23(31)26-18-10-6-15(7-11-18)19-12-13-21-27-28-22(30(21)29-19)20-3-1-2-14-25-20/h1-14H,(H,26,31). The highest BCUT2D eigenvalue weighted by Crippen LogP contribution is 2.22. The molecule has 0 aliphatic carbocycles. The second-order valence-corrected chi connectivity index (χ2v) is 7.20. The van der Waals surface area contributed by atoms with Gasteiger partial charge in [0.15, 0.2) is 5.65 Å². The van der Waals surface area contributed by atoms with E-state index in [1.807, 2.05) is 54.6 Å². The number of rotatable bonds is 4. The molecule has 0 unspecified atom stereocenters. The highest BCUT2D eigenvalue weighted by Gasteiger charge is 2.12. The van der Waals surface area contributed by atoms with Crippen molar-refractivity contribution in [2.75, 3.05) is 5.32 Å². The third-order valence-electron chi connectivity index (χ3n) is 4.70. The van der Waals surface area contributed by atoms with E-state index >= 15 is 0 Å². The summed E-state index contributed by atoms with van der Waals surface area (Å²) >= 11 is 5.88. The van der Waals surface area contributed by atoms with Crippen molar-refractivity contribution >= 4 is 28.8 Å². The van der Waals surface area contributed by atoms with Crippen molar-refractivity contribution in [3.05, 3.63) is 95.6 Å². The number of fused-ring (bicyclic) bond motifs is 1. The van der Waals surface area contributed by atoms with Crippen LogP contribution in [0.1, 0.15) is 10.4 Å². The van der Waals surface area contributed by atoms with Gasteiger partial charge in [0.25, 0.3) is 5.91 Å². The number of carbonyl (C=O) groups is 1. The zero-order valence-corrected chi connectivity index (χ0v) is 16.9. The molecule has 3 aromatic heterocycles. The number of anilines is 1. The molecule has 0 atom stereocenters. The quantitative estimate of drug-likeness (QED) is 0.448. The van der Waals surface area contributed by atoms with Crippen LogP contribution in [0.4, 0.5) is 5.69 Å². The fourth-order valence-electron chi connectivity index (χ4n) is 3.13. The SMILES string of the molecule is O=C(Nc1ccc(-c2ccc3nnc(-c4ccccn4)n3n2)cc1)c1ccc(Cl)cc1. The van der Waals surface area contributed by atoms with Crippen LogP contribution in [0.3, 0.4) is 0 Å². The molecule has 3 heterocycles. The maximum Gasteiger partial charge on any atom is 0.255 e. The molecule has 0 saturated heterocycles. The van der Waals surface area contributed by atoms with Gasteiger partial charge in [-0.1, -0.05) is 29.8 Å². The fourth-order valence-corrected chi connectivity index (χ4v) is 3.25. The number of aromatic nitrogens is 5. The molecule has 31 heavy (non-hydrogen) atoms. The lowest BCUT2D eigenvalue weighted by atomic mass is 10.1. The van der Waals surface area contributed by atoms with E-state index in [0.29, 0.717) is 33.4 Å². The van der Waals surface area contributed by atoms with Crippen molar-refractivity contribution in [3.63, 3.8) is 0 Å². The van der Waals surface area contributed by atoms with E-state index in [1.54, 1.807) is 35.0 Å². The lowest BCUT2D eigenvalue weighted by Crippen LogP contribution is -2.11. The maximum absolute atomic E-state index is 12.4. The van der Waals surface area contributed by atoms with Crippen molar-refractivity contribution < 1.29 is 4.79 Å². The number of pyridine rings is 1. The molecule has 150 valence electrons. The van der Waals surface area contributed by atoms with Crippen molar-refractivity contribution in [1.82, 2.24) is 24.8 Å². The molecule has 5 aromatic rings. The summed E-state index contributed by atoms with van der Waals surface area (Å²) in [5.41, 5.74) is 4.20. The normalized spacial score (nSPS) is 10.9. The highest BCUT2D eigenvalue weighted by molar-refractivity contribution is 6.30. The fraction of sp³-hybridized carbons (Fsp3) is 0. The minimum Gasteiger partial charge on any atom is -0.322 e. The van der Waals surface area contributed by atoms with E-state index in [4.69, 9.17) is 11.6 Å². The molecule has 0 aliphatic heterocycles. The molecule has 8 heteroatoms. The van der Waals surface area contributed by atoms with Crippen LogP contribution in [-0.2, 0) is 0 Å². The predicted octanol–water partition coefficient (Wildman–Crippen LogP) is 4.76. The van der Waals surface area contributed by atoms with E-state index < -0.39 is 0 Å². The van der Waals surface area contributed by atoms with Crippen molar-refractivity contribution in [2.45, 2.75) is 0 Å². The summed E-state index contributed by atoms with van der Waals surface area (Å²) in [5, 5.41) is 16.5. The maximum atomic E-state index is 12.4. The van der Waals surface area contributed by atoms with Gasteiger partial charge < -0.3 is 5.32 Å². The third-order valence-corrected chi connectivity index (χ3v) is 4.95. The first-order chi connectivity index (χ1) is 15.2.